The Morgan fingerprint density at radius 3 is 2.31 bits per heavy atom. The van der Waals surface area contributed by atoms with Crippen LogP contribution in [0.5, 0.6) is 11.5 Å². The fourth-order valence-corrected chi connectivity index (χ4v) is 2.29. The second kappa shape index (κ2) is 8.89. The predicted molar refractivity (Wildman–Crippen MR) is 98.8 cm³/mol. The Labute approximate surface area is 153 Å². The molecule has 0 saturated carbocycles. The van der Waals surface area contributed by atoms with Gasteiger partial charge in [-0.3, -0.25) is 4.79 Å². The highest BCUT2D eigenvalue weighted by Crippen LogP contribution is 2.20. The van der Waals surface area contributed by atoms with E-state index in [0.717, 1.165) is 5.56 Å². The van der Waals surface area contributed by atoms with Crippen LogP contribution in [0.3, 0.4) is 0 Å². The summed E-state index contributed by atoms with van der Waals surface area (Å²) in [7, 11) is 1.58. The highest BCUT2D eigenvalue weighted by Gasteiger charge is 2.17. The number of ether oxygens (including phenoxy) is 3. The van der Waals surface area contributed by atoms with Gasteiger partial charge in [-0.25, -0.2) is 4.79 Å². The van der Waals surface area contributed by atoms with E-state index in [4.69, 9.17) is 14.2 Å². The molecule has 6 nitrogen and oxygen atoms in total. The number of carbonyl (C=O) groups excluding carboxylic acids is 2. The quantitative estimate of drug-likeness (QED) is 0.767. The molecule has 0 spiro atoms. The van der Waals surface area contributed by atoms with E-state index in [1.165, 1.54) is 0 Å². The minimum absolute atomic E-state index is 0.284. The molecule has 0 fully saturated rings. The van der Waals surface area contributed by atoms with E-state index in [1.54, 1.807) is 63.4 Å². The Morgan fingerprint density at radius 2 is 1.73 bits per heavy atom. The molecular weight excluding hydrogens is 334 g/mol. The van der Waals surface area contributed by atoms with Gasteiger partial charge in [-0.2, -0.15) is 0 Å². The zero-order chi connectivity index (χ0) is 19.1. The summed E-state index contributed by atoms with van der Waals surface area (Å²) in [6, 6.07) is 12.0. The molecule has 0 heterocycles. The van der Waals surface area contributed by atoms with Gasteiger partial charge < -0.3 is 19.5 Å². The number of rotatable bonds is 7. The van der Waals surface area contributed by atoms with Gasteiger partial charge in [0.25, 0.3) is 5.91 Å². The third kappa shape index (κ3) is 4.99. The van der Waals surface area contributed by atoms with Crippen molar-refractivity contribution < 1.29 is 23.8 Å². The molecule has 1 amide bonds. The molecule has 1 atom stereocenters. The molecule has 0 bridgehead atoms. The van der Waals surface area contributed by atoms with Gasteiger partial charge in [0, 0.05) is 5.69 Å². The monoisotopic (exact) mass is 357 g/mol. The van der Waals surface area contributed by atoms with Gasteiger partial charge >= 0.3 is 5.97 Å². The fraction of sp³-hybridized carbons (Fsp3) is 0.300. The van der Waals surface area contributed by atoms with Gasteiger partial charge in [0.05, 0.1) is 19.3 Å². The highest BCUT2D eigenvalue weighted by molar-refractivity contribution is 5.96. The molecule has 0 aromatic heterocycles. The topological polar surface area (TPSA) is 73.9 Å². The lowest BCUT2D eigenvalue weighted by atomic mass is 10.1. The number of aryl methyl sites for hydroxylation is 1. The zero-order valence-corrected chi connectivity index (χ0v) is 15.4. The van der Waals surface area contributed by atoms with Crippen molar-refractivity contribution in [3.63, 3.8) is 0 Å². The van der Waals surface area contributed by atoms with E-state index in [-0.39, 0.29) is 11.9 Å². The lowest BCUT2D eigenvalue weighted by Crippen LogP contribution is -2.30. The molecule has 1 N–H and O–H groups in total. The van der Waals surface area contributed by atoms with E-state index in [0.29, 0.717) is 29.4 Å². The number of methoxy groups -OCH3 is 1. The van der Waals surface area contributed by atoms with Crippen LogP contribution in [-0.4, -0.2) is 31.7 Å². The molecule has 6 heteroatoms. The first-order valence-electron chi connectivity index (χ1n) is 8.34. The predicted octanol–water partition coefficient (Wildman–Crippen LogP) is 3.59. The standard InChI is InChI=1S/C20H23NO5/c1-5-25-20(23)15-6-11-18(13(2)12-15)21-19(22)14(3)26-17-9-7-16(24-4)8-10-17/h6-12,14H,5H2,1-4H3,(H,21,22)/t14-/m1/s1. The van der Waals surface area contributed by atoms with Crippen molar-refractivity contribution in [2.75, 3.05) is 19.0 Å². The summed E-state index contributed by atoms with van der Waals surface area (Å²) in [5.74, 6) is 0.618. The molecule has 0 aliphatic heterocycles. The van der Waals surface area contributed by atoms with Crippen LogP contribution < -0.4 is 14.8 Å². The van der Waals surface area contributed by atoms with E-state index in [2.05, 4.69) is 5.32 Å². The molecular formula is C20H23NO5. The summed E-state index contributed by atoms with van der Waals surface area (Å²) in [5.41, 5.74) is 1.83. The van der Waals surface area contributed by atoms with Crippen LogP contribution in [0.25, 0.3) is 0 Å². The van der Waals surface area contributed by atoms with Gasteiger partial charge in [0.1, 0.15) is 11.5 Å². The Morgan fingerprint density at radius 1 is 1.08 bits per heavy atom. The highest BCUT2D eigenvalue weighted by atomic mass is 16.5. The van der Waals surface area contributed by atoms with Crippen LogP contribution in [0.4, 0.5) is 5.69 Å². The van der Waals surface area contributed by atoms with Crippen molar-refractivity contribution in [2.24, 2.45) is 0 Å². The van der Waals surface area contributed by atoms with E-state index in [9.17, 15) is 9.59 Å². The summed E-state index contributed by atoms with van der Waals surface area (Å²) in [6.07, 6.45) is -0.687. The third-order valence-corrected chi connectivity index (χ3v) is 3.74. The minimum atomic E-state index is -0.687. The van der Waals surface area contributed by atoms with Gasteiger partial charge in [0.15, 0.2) is 6.10 Å². The van der Waals surface area contributed by atoms with Crippen molar-refractivity contribution in [1.82, 2.24) is 0 Å². The second-order valence-electron chi connectivity index (χ2n) is 5.68. The number of esters is 1. The summed E-state index contributed by atoms with van der Waals surface area (Å²) in [6.45, 7) is 5.55. The van der Waals surface area contributed by atoms with Crippen molar-refractivity contribution in [2.45, 2.75) is 26.9 Å². The smallest absolute Gasteiger partial charge is 0.338 e. The van der Waals surface area contributed by atoms with E-state index >= 15 is 0 Å². The molecule has 138 valence electrons. The first-order chi connectivity index (χ1) is 12.4. The number of amides is 1. The molecule has 0 aliphatic carbocycles. The number of carbonyl (C=O) groups is 2. The molecule has 2 aromatic rings. The number of benzene rings is 2. The molecule has 2 rings (SSSR count). The maximum Gasteiger partial charge on any atom is 0.338 e. The Bertz CT molecular complexity index is 770. The number of nitrogens with one attached hydrogen (secondary N) is 1. The number of hydrogen-bond donors (Lipinski definition) is 1. The number of hydrogen-bond acceptors (Lipinski definition) is 5. The third-order valence-electron chi connectivity index (χ3n) is 3.74. The zero-order valence-electron chi connectivity index (χ0n) is 15.4. The lowest BCUT2D eigenvalue weighted by molar-refractivity contribution is -0.122. The Balaban J connectivity index is 2.00. The SMILES string of the molecule is CCOC(=O)c1ccc(NC(=O)[C@@H](C)Oc2ccc(OC)cc2)c(C)c1. The summed E-state index contributed by atoms with van der Waals surface area (Å²) in [4.78, 5) is 24.1. The number of anilines is 1. The summed E-state index contributed by atoms with van der Waals surface area (Å²) in [5, 5.41) is 2.81. The minimum Gasteiger partial charge on any atom is -0.497 e. The largest absolute Gasteiger partial charge is 0.497 e. The van der Waals surface area contributed by atoms with E-state index < -0.39 is 6.10 Å². The summed E-state index contributed by atoms with van der Waals surface area (Å²) >= 11 is 0. The van der Waals surface area contributed by atoms with E-state index in [1.807, 2.05) is 6.92 Å². The average molecular weight is 357 g/mol. The fourth-order valence-electron chi connectivity index (χ4n) is 2.29. The lowest BCUT2D eigenvalue weighted by Gasteiger charge is -2.16. The average Bonchev–Trinajstić information content (AvgIpc) is 2.64. The van der Waals surface area contributed by atoms with Crippen molar-refractivity contribution in [3.8, 4) is 11.5 Å². The first-order valence-corrected chi connectivity index (χ1v) is 8.34. The molecule has 26 heavy (non-hydrogen) atoms. The molecule has 0 saturated heterocycles. The Kier molecular flexibility index (Phi) is 6.60. The van der Waals surface area contributed by atoms with Gasteiger partial charge in [-0.15, -0.1) is 0 Å². The van der Waals surface area contributed by atoms with Gasteiger partial charge in [-0.05, 0) is 68.8 Å². The van der Waals surface area contributed by atoms with Crippen LogP contribution in [0.2, 0.25) is 0 Å². The van der Waals surface area contributed by atoms with Crippen LogP contribution in [0.1, 0.15) is 29.8 Å². The molecule has 0 radical (unpaired) electrons. The van der Waals surface area contributed by atoms with Crippen molar-refractivity contribution in [1.29, 1.82) is 0 Å². The first kappa shape index (κ1) is 19.3. The van der Waals surface area contributed by atoms with Crippen LogP contribution in [0, 0.1) is 6.92 Å². The second-order valence-corrected chi connectivity index (χ2v) is 5.68. The Hall–Kier alpha value is -3.02. The maximum atomic E-state index is 12.4. The van der Waals surface area contributed by atoms with Gasteiger partial charge in [-0.1, -0.05) is 0 Å². The van der Waals surface area contributed by atoms with Crippen LogP contribution in [0.15, 0.2) is 42.5 Å². The molecule has 2 aromatic carbocycles. The van der Waals surface area contributed by atoms with Crippen LogP contribution in [-0.2, 0) is 9.53 Å². The van der Waals surface area contributed by atoms with Crippen LogP contribution >= 0.6 is 0 Å². The summed E-state index contributed by atoms with van der Waals surface area (Å²) < 4.78 is 15.7. The molecule has 0 aliphatic rings. The van der Waals surface area contributed by atoms with Gasteiger partial charge in [0.2, 0.25) is 0 Å². The van der Waals surface area contributed by atoms with Crippen molar-refractivity contribution in [3.05, 3.63) is 53.6 Å². The van der Waals surface area contributed by atoms with Crippen molar-refractivity contribution >= 4 is 17.6 Å². The normalized spacial score (nSPS) is 11.4. The maximum absolute atomic E-state index is 12.4. The molecule has 0 unspecified atom stereocenters.